The molecule has 0 radical (unpaired) electrons. The number of rotatable bonds is 9. The minimum atomic E-state index is 0.376. The van der Waals surface area contributed by atoms with Gasteiger partial charge < -0.3 is 24.7 Å². The molecule has 1 aromatic carbocycles. The molecule has 3 rings (SSSR count). The van der Waals surface area contributed by atoms with Crippen molar-refractivity contribution in [2.24, 2.45) is 4.99 Å². The Balaban J connectivity index is 1.26. The number of hydrogen-bond acceptors (Lipinski definition) is 3. The summed E-state index contributed by atoms with van der Waals surface area (Å²) in [7, 11) is 1.81. The van der Waals surface area contributed by atoms with Gasteiger partial charge in [-0.25, -0.2) is 0 Å². The second kappa shape index (κ2) is 10.9. The summed E-state index contributed by atoms with van der Waals surface area (Å²) >= 11 is 0. The highest BCUT2D eigenvalue weighted by atomic mass is 16.5. The average molecular weight is 373 g/mol. The van der Waals surface area contributed by atoms with Gasteiger partial charge in [-0.15, -0.1) is 0 Å². The van der Waals surface area contributed by atoms with Gasteiger partial charge >= 0.3 is 0 Å². The van der Waals surface area contributed by atoms with E-state index in [4.69, 9.17) is 9.47 Å². The van der Waals surface area contributed by atoms with E-state index in [0.29, 0.717) is 6.10 Å². The van der Waals surface area contributed by atoms with Gasteiger partial charge in [0.2, 0.25) is 0 Å². The minimum absolute atomic E-state index is 0.376. The Bertz CT molecular complexity index is 707. The Hall–Kier alpha value is -2.05. The van der Waals surface area contributed by atoms with E-state index in [0.717, 1.165) is 71.1 Å². The van der Waals surface area contributed by atoms with Crippen LogP contribution in [0.15, 0.2) is 41.5 Å². The summed E-state index contributed by atoms with van der Waals surface area (Å²) < 4.78 is 13.5. The summed E-state index contributed by atoms with van der Waals surface area (Å²) in [6.45, 7) is 5.21. The molecule has 1 aliphatic rings. The molecule has 0 unspecified atom stereocenters. The Labute approximate surface area is 161 Å². The molecule has 0 amide bonds. The highest BCUT2D eigenvalue weighted by Gasteiger charge is 2.13. The minimum Gasteiger partial charge on any atom is -0.381 e. The maximum atomic E-state index is 5.89. The number of hydrogen-bond donors (Lipinski definition) is 2. The predicted molar refractivity (Wildman–Crippen MR) is 110 cm³/mol. The van der Waals surface area contributed by atoms with Crippen molar-refractivity contribution in [1.29, 1.82) is 0 Å². The zero-order valence-electron chi connectivity index (χ0n) is 16.3. The Morgan fingerprint density at radius 2 is 1.93 bits per heavy atom. The van der Waals surface area contributed by atoms with Gasteiger partial charge in [0.15, 0.2) is 5.96 Å². The van der Waals surface area contributed by atoms with E-state index >= 15 is 0 Å². The smallest absolute Gasteiger partial charge is 0.190 e. The molecule has 1 fully saturated rings. The zero-order valence-corrected chi connectivity index (χ0v) is 16.3. The molecule has 0 aliphatic carbocycles. The summed E-state index contributed by atoms with van der Waals surface area (Å²) in [6.07, 6.45) is 6.61. The van der Waals surface area contributed by atoms with Crippen molar-refractivity contribution >= 4 is 16.9 Å². The predicted octanol–water partition coefficient (Wildman–Crippen LogP) is 2.78. The first-order valence-electron chi connectivity index (χ1n) is 10.0. The van der Waals surface area contributed by atoms with Crippen molar-refractivity contribution in [2.75, 3.05) is 40.0 Å². The van der Waals surface area contributed by atoms with Gasteiger partial charge in [-0.05, 0) is 43.2 Å². The van der Waals surface area contributed by atoms with Crippen molar-refractivity contribution < 1.29 is 9.47 Å². The van der Waals surface area contributed by atoms with Gasteiger partial charge in [-0.3, -0.25) is 4.99 Å². The van der Waals surface area contributed by atoms with Crippen LogP contribution in [0.3, 0.4) is 0 Å². The third-order valence-electron chi connectivity index (χ3n) is 4.91. The van der Waals surface area contributed by atoms with Crippen LogP contribution in [0, 0.1) is 0 Å². The van der Waals surface area contributed by atoms with Gasteiger partial charge in [-0.2, -0.15) is 0 Å². The molecule has 27 heavy (non-hydrogen) atoms. The molecule has 0 spiro atoms. The first kappa shape index (κ1) is 19.7. The molecule has 2 aromatic rings. The van der Waals surface area contributed by atoms with Gasteiger partial charge in [0.05, 0.1) is 6.10 Å². The van der Waals surface area contributed by atoms with Gasteiger partial charge in [0.25, 0.3) is 0 Å². The van der Waals surface area contributed by atoms with E-state index in [1.54, 1.807) is 0 Å². The summed E-state index contributed by atoms with van der Waals surface area (Å²) in [4.78, 5) is 4.29. The monoisotopic (exact) mass is 372 g/mol. The number of aryl methyl sites for hydroxylation is 1. The number of guanidine groups is 1. The Morgan fingerprint density at radius 1 is 1.15 bits per heavy atom. The number of aromatic nitrogens is 1. The van der Waals surface area contributed by atoms with Crippen LogP contribution >= 0.6 is 0 Å². The van der Waals surface area contributed by atoms with Crippen molar-refractivity contribution in [2.45, 2.75) is 38.3 Å². The Morgan fingerprint density at radius 3 is 2.74 bits per heavy atom. The number of aliphatic imine (C=N–C) groups is 1. The average Bonchev–Trinajstić information content (AvgIpc) is 3.13. The molecule has 1 aliphatic heterocycles. The molecular weight excluding hydrogens is 340 g/mol. The molecule has 0 atom stereocenters. The fourth-order valence-corrected chi connectivity index (χ4v) is 3.38. The van der Waals surface area contributed by atoms with Crippen molar-refractivity contribution in [3.63, 3.8) is 0 Å². The van der Waals surface area contributed by atoms with E-state index in [-0.39, 0.29) is 0 Å². The van der Waals surface area contributed by atoms with Gasteiger partial charge in [-0.1, -0.05) is 18.2 Å². The lowest BCUT2D eigenvalue weighted by atomic mass is 10.1. The summed E-state index contributed by atoms with van der Waals surface area (Å²) in [5.41, 5.74) is 1.30. The van der Waals surface area contributed by atoms with Gasteiger partial charge in [0.1, 0.15) is 0 Å². The van der Waals surface area contributed by atoms with Crippen LogP contribution in [0.25, 0.3) is 10.9 Å². The molecule has 1 saturated heterocycles. The summed E-state index contributed by atoms with van der Waals surface area (Å²) in [5, 5.41) is 8.04. The van der Waals surface area contributed by atoms with Crippen LogP contribution in [-0.4, -0.2) is 56.6 Å². The number of benzene rings is 1. The third-order valence-corrected chi connectivity index (χ3v) is 4.91. The maximum Gasteiger partial charge on any atom is 0.190 e. The first-order valence-corrected chi connectivity index (χ1v) is 10.0. The molecule has 1 aromatic heterocycles. The van der Waals surface area contributed by atoms with Crippen LogP contribution < -0.4 is 10.6 Å². The Kier molecular flexibility index (Phi) is 7.99. The summed E-state index contributed by atoms with van der Waals surface area (Å²) in [6, 6.07) is 10.7. The first-order chi connectivity index (χ1) is 13.4. The van der Waals surface area contributed by atoms with E-state index in [1.807, 2.05) is 7.05 Å². The topological polar surface area (TPSA) is 59.8 Å². The molecule has 2 heterocycles. The number of nitrogens with zero attached hydrogens (tertiary/aromatic N) is 2. The SMILES string of the molecule is CN=C(NCCCOC1CCOCC1)NCCCn1ccc2ccccc21. The highest BCUT2D eigenvalue weighted by Crippen LogP contribution is 2.15. The maximum absolute atomic E-state index is 5.89. The normalized spacial score (nSPS) is 16.0. The van der Waals surface area contributed by atoms with E-state index in [1.165, 1.54) is 10.9 Å². The highest BCUT2D eigenvalue weighted by molar-refractivity contribution is 5.80. The van der Waals surface area contributed by atoms with E-state index < -0.39 is 0 Å². The number of fused-ring (bicyclic) bond motifs is 1. The fraction of sp³-hybridized carbons (Fsp3) is 0.571. The fourth-order valence-electron chi connectivity index (χ4n) is 3.38. The molecule has 0 saturated carbocycles. The van der Waals surface area contributed by atoms with Crippen molar-refractivity contribution in [3.8, 4) is 0 Å². The number of nitrogens with one attached hydrogen (secondary N) is 2. The lowest BCUT2D eigenvalue weighted by molar-refractivity contribution is -0.0320. The van der Waals surface area contributed by atoms with E-state index in [2.05, 4.69) is 56.7 Å². The van der Waals surface area contributed by atoms with Gasteiger partial charge in [0, 0.05) is 58.2 Å². The second-order valence-corrected chi connectivity index (χ2v) is 6.88. The molecule has 6 nitrogen and oxygen atoms in total. The molecular formula is C21H32N4O2. The molecule has 0 bridgehead atoms. The van der Waals surface area contributed by atoms with E-state index in [9.17, 15) is 0 Å². The zero-order chi connectivity index (χ0) is 18.7. The lowest BCUT2D eigenvalue weighted by Crippen LogP contribution is -2.38. The number of para-hydroxylation sites is 1. The van der Waals surface area contributed by atoms with Crippen LogP contribution in [-0.2, 0) is 16.0 Å². The lowest BCUT2D eigenvalue weighted by Gasteiger charge is -2.22. The van der Waals surface area contributed by atoms with Crippen LogP contribution in [0.5, 0.6) is 0 Å². The number of ether oxygens (including phenoxy) is 2. The van der Waals surface area contributed by atoms with Crippen LogP contribution in [0.4, 0.5) is 0 Å². The van der Waals surface area contributed by atoms with Crippen molar-refractivity contribution in [3.05, 3.63) is 36.5 Å². The summed E-state index contributed by atoms with van der Waals surface area (Å²) in [5.74, 6) is 0.860. The van der Waals surface area contributed by atoms with Crippen LogP contribution in [0.1, 0.15) is 25.7 Å². The molecule has 6 heteroatoms. The second-order valence-electron chi connectivity index (χ2n) is 6.88. The standard InChI is InChI=1S/C21H32N4O2/c1-22-21(24-12-5-15-27-19-9-16-26-17-10-19)23-11-4-13-25-14-8-18-6-2-3-7-20(18)25/h2-3,6-8,14,19H,4-5,9-13,15-17H2,1H3,(H2,22,23,24). The quantitative estimate of drug-likeness (QED) is 0.404. The van der Waals surface area contributed by atoms with Crippen LogP contribution in [0.2, 0.25) is 0 Å². The largest absolute Gasteiger partial charge is 0.381 e. The molecule has 148 valence electrons. The van der Waals surface area contributed by atoms with Crippen molar-refractivity contribution in [1.82, 2.24) is 15.2 Å². The molecule has 2 N–H and O–H groups in total. The third kappa shape index (κ3) is 6.26.